The van der Waals surface area contributed by atoms with Gasteiger partial charge in [-0.2, -0.15) is 8.42 Å². The Kier molecular flexibility index (Phi) is 30.4. The van der Waals surface area contributed by atoms with Crippen molar-refractivity contribution in [3.8, 4) is 0 Å². The molecule has 0 heterocycles. The van der Waals surface area contributed by atoms with Crippen LogP contribution in [0.4, 0.5) is 0 Å². The Morgan fingerprint density at radius 2 is 1.17 bits per heavy atom. The third-order valence-electron chi connectivity index (χ3n) is 8.31. The van der Waals surface area contributed by atoms with E-state index in [2.05, 4.69) is 37.9 Å². The van der Waals surface area contributed by atoms with Gasteiger partial charge in [0, 0.05) is 39.5 Å². The number of nitrogens with one attached hydrogen (secondary N) is 1. The van der Waals surface area contributed by atoms with Crippen molar-refractivity contribution >= 4 is 10.1 Å². The highest BCUT2D eigenvalue weighted by Gasteiger charge is 2.18. The second-order valence-electron chi connectivity index (χ2n) is 13.0. The number of ether oxygens (including phenoxy) is 3. The van der Waals surface area contributed by atoms with Gasteiger partial charge < -0.3 is 34.8 Å². The van der Waals surface area contributed by atoms with Crippen LogP contribution in [-0.4, -0.2) is 130 Å². The fraction of sp³-hybridized carbons (Fsp3) is 1.00. The Morgan fingerprint density at radius 1 is 0.652 bits per heavy atom. The topological polar surface area (TPSA) is 158 Å². The molecule has 0 saturated carbocycles. The molecule has 0 aliphatic heterocycles. The van der Waals surface area contributed by atoms with Gasteiger partial charge >= 0.3 is 0 Å². The summed E-state index contributed by atoms with van der Waals surface area (Å²) >= 11 is 0. The van der Waals surface area contributed by atoms with Crippen molar-refractivity contribution < 1.29 is 42.5 Å². The molecule has 0 aromatic heterocycles. The average Bonchev–Trinajstić information content (AvgIpc) is 3.00. The highest BCUT2D eigenvalue weighted by atomic mass is 32.2. The first kappa shape index (κ1) is 45.6. The summed E-state index contributed by atoms with van der Waals surface area (Å²) in [4.78, 5) is 2.13. The molecule has 0 aromatic rings. The van der Waals surface area contributed by atoms with Crippen molar-refractivity contribution in [3.05, 3.63) is 0 Å². The predicted octanol–water partition coefficient (Wildman–Crippen LogP) is 4.28. The summed E-state index contributed by atoms with van der Waals surface area (Å²) in [5.74, 6) is 0.714. The van der Waals surface area contributed by atoms with E-state index < -0.39 is 28.4 Å². The molecule has 0 radical (unpaired) electrons. The largest absolute Gasteiger partial charge is 0.389 e. The number of aliphatic hydroxyl groups is 3. The molecule has 0 aliphatic carbocycles. The molecule has 0 spiro atoms. The molecule has 0 rings (SSSR count). The van der Waals surface area contributed by atoms with E-state index in [0.29, 0.717) is 57.9 Å². The molecule has 278 valence electrons. The van der Waals surface area contributed by atoms with Crippen LogP contribution in [0.25, 0.3) is 0 Å². The number of unbranched alkanes of at least 4 members (excludes halogenated alkanes) is 5. The standard InChI is InChI=1S/C34H72N2O9S/c1-5-9-16-30(7-3)25-44-28-33(38)23-36(24-34(39)29-45-26-31(8-4)17-10-6-2)19-14-12-11-13-18-35-22-32(37)27-43-20-15-21-46(40,41)42/h30-35,37-39H,5-29H2,1-4H3,(H,40,41,42). The fourth-order valence-corrected chi connectivity index (χ4v) is 5.81. The second-order valence-corrected chi connectivity index (χ2v) is 14.5. The number of hydrogen-bond acceptors (Lipinski definition) is 10. The molecule has 46 heavy (non-hydrogen) atoms. The van der Waals surface area contributed by atoms with Gasteiger partial charge in [0.1, 0.15) is 0 Å². The zero-order valence-corrected chi connectivity index (χ0v) is 30.6. The molecule has 5 unspecified atom stereocenters. The van der Waals surface area contributed by atoms with E-state index in [9.17, 15) is 23.7 Å². The van der Waals surface area contributed by atoms with Gasteiger partial charge in [-0.1, -0.05) is 79.1 Å². The van der Waals surface area contributed by atoms with E-state index in [-0.39, 0.29) is 25.4 Å². The van der Waals surface area contributed by atoms with E-state index in [1.807, 2.05) is 0 Å². The minimum atomic E-state index is -3.98. The number of aliphatic hydroxyl groups excluding tert-OH is 3. The van der Waals surface area contributed by atoms with Crippen LogP contribution in [0.15, 0.2) is 0 Å². The summed E-state index contributed by atoms with van der Waals surface area (Å²) in [5, 5.41) is 34.7. The zero-order chi connectivity index (χ0) is 34.5. The molecule has 11 nitrogen and oxygen atoms in total. The molecule has 12 heteroatoms. The van der Waals surface area contributed by atoms with Crippen LogP contribution < -0.4 is 5.32 Å². The molecule has 5 N–H and O–H groups in total. The summed E-state index contributed by atoms with van der Waals surface area (Å²) < 4.78 is 47.2. The first-order valence-corrected chi connectivity index (χ1v) is 19.8. The zero-order valence-electron chi connectivity index (χ0n) is 29.7. The smallest absolute Gasteiger partial charge is 0.264 e. The average molecular weight is 685 g/mol. The molecule has 0 saturated heterocycles. The highest BCUT2D eigenvalue weighted by molar-refractivity contribution is 7.85. The first-order valence-electron chi connectivity index (χ1n) is 18.2. The molecule has 0 amide bonds. The van der Waals surface area contributed by atoms with Crippen molar-refractivity contribution in [2.24, 2.45) is 11.8 Å². The molecule has 0 aliphatic rings. The lowest BCUT2D eigenvalue weighted by molar-refractivity contribution is -0.0207. The minimum absolute atomic E-state index is 0.109. The lowest BCUT2D eigenvalue weighted by atomic mass is 10.0. The van der Waals surface area contributed by atoms with Crippen molar-refractivity contribution in [2.75, 3.05) is 78.1 Å². The SMILES string of the molecule is CCCCC(CC)COCC(O)CN(CCCCCCNCC(O)COCCCS(=O)(=O)O)CC(O)COCC(CC)CCCC. The lowest BCUT2D eigenvalue weighted by Crippen LogP contribution is -2.41. The molecule has 0 aromatic carbocycles. The molecular weight excluding hydrogens is 612 g/mol. The van der Waals surface area contributed by atoms with E-state index in [1.165, 1.54) is 25.7 Å². The van der Waals surface area contributed by atoms with Crippen LogP contribution in [0.2, 0.25) is 0 Å². The van der Waals surface area contributed by atoms with E-state index in [1.54, 1.807) is 0 Å². The van der Waals surface area contributed by atoms with Crippen molar-refractivity contribution in [3.63, 3.8) is 0 Å². The molecule has 0 fully saturated rings. The van der Waals surface area contributed by atoms with Crippen LogP contribution in [0.1, 0.15) is 111 Å². The monoisotopic (exact) mass is 684 g/mol. The quantitative estimate of drug-likeness (QED) is 0.0479. The summed E-state index contributed by atoms with van der Waals surface area (Å²) in [6.07, 6.45) is 11.5. The van der Waals surface area contributed by atoms with Gasteiger partial charge in [0.25, 0.3) is 10.1 Å². The maximum absolute atomic E-state index is 10.8. The summed E-state index contributed by atoms with van der Waals surface area (Å²) in [6.45, 7) is 13.8. The van der Waals surface area contributed by atoms with Crippen LogP contribution in [0, 0.1) is 11.8 Å². The Hall–Kier alpha value is -0.410. The van der Waals surface area contributed by atoms with Gasteiger partial charge in [-0.3, -0.25) is 9.45 Å². The van der Waals surface area contributed by atoms with Gasteiger partial charge in [0.2, 0.25) is 0 Å². The van der Waals surface area contributed by atoms with Crippen LogP contribution >= 0.6 is 0 Å². The number of hydrogen-bond donors (Lipinski definition) is 5. The maximum atomic E-state index is 10.8. The normalized spacial score (nSPS) is 15.7. The van der Waals surface area contributed by atoms with Crippen LogP contribution in [-0.2, 0) is 24.3 Å². The Labute approximate surface area is 281 Å². The molecule has 0 bridgehead atoms. The Balaban J connectivity index is 4.46. The van der Waals surface area contributed by atoms with Crippen molar-refractivity contribution in [2.45, 2.75) is 129 Å². The maximum Gasteiger partial charge on any atom is 0.264 e. The van der Waals surface area contributed by atoms with Crippen molar-refractivity contribution in [1.82, 2.24) is 10.2 Å². The van der Waals surface area contributed by atoms with Gasteiger partial charge in [-0.25, -0.2) is 0 Å². The third kappa shape index (κ3) is 29.7. The highest BCUT2D eigenvalue weighted by Crippen LogP contribution is 2.14. The first-order chi connectivity index (χ1) is 22.0. The van der Waals surface area contributed by atoms with E-state index >= 15 is 0 Å². The molecule has 5 atom stereocenters. The fourth-order valence-electron chi connectivity index (χ4n) is 5.33. The summed E-state index contributed by atoms with van der Waals surface area (Å²) in [6, 6.07) is 0. The second kappa shape index (κ2) is 30.6. The van der Waals surface area contributed by atoms with E-state index in [0.717, 1.165) is 64.5 Å². The van der Waals surface area contributed by atoms with Gasteiger partial charge in [0.15, 0.2) is 0 Å². The van der Waals surface area contributed by atoms with E-state index in [4.69, 9.17) is 18.8 Å². The van der Waals surface area contributed by atoms with Gasteiger partial charge in [-0.15, -0.1) is 0 Å². The van der Waals surface area contributed by atoms with Crippen molar-refractivity contribution in [1.29, 1.82) is 0 Å². The third-order valence-corrected chi connectivity index (χ3v) is 9.12. The van der Waals surface area contributed by atoms with Crippen LogP contribution in [0.5, 0.6) is 0 Å². The van der Waals surface area contributed by atoms with Crippen LogP contribution in [0.3, 0.4) is 0 Å². The lowest BCUT2D eigenvalue weighted by Gasteiger charge is -2.28. The summed E-state index contributed by atoms with van der Waals surface area (Å²) in [7, 11) is -3.98. The summed E-state index contributed by atoms with van der Waals surface area (Å²) in [5.41, 5.74) is 0. The van der Waals surface area contributed by atoms with Gasteiger partial charge in [0.05, 0.1) is 43.9 Å². The Bertz CT molecular complexity index is 733. The predicted molar refractivity (Wildman–Crippen MR) is 186 cm³/mol. The number of rotatable bonds is 35. The minimum Gasteiger partial charge on any atom is -0.389 e. The number of nitrogens with zero attached hydrogens (tertiary/aromatic N) is 1. The molecular formula is C34H72N2O9S. The Morgan fingerprint density at radius 3 is 1.67 bits per heavy atom. The van der Waals surface area contributed by atoms with Gasteiger partial charge in [-0.05, 0) is 57.0 Å².